The van der Waals surface area contributed by atoms with Crippen LogP contribution in [-0.4, -0.2) is 20.2 Å². The average Bonchev–Trinajstić information content (AvgIpc) is 2.58. The molecule has 0 atom stereocenters. The second-order valence-corrected chi connectivity index (χ2v) is 5.01. The number of esters is 1. The second-order valence-electron chi connectivity index (χ2n) is 5.01. The third kappa shape index (κ3) is 4.88. The normalized spacial score (nSPS) is 10.6. The lowest BCUT2D eigenvalue weighted by molar-refractivity contribution is -0.138. The molecule has 0 fully saturated rings. The molecule has 23 heavy (non-hydrogen) atoms. The Morgan fingerprint density at radius 2 is 1.70 bits per heavy atom. The average molecular weight is 312 g/mol. The Hall–Kier alpha value is -2.75. The summed E-state index contributed by atoms with van der Waals surface area (Å²) in [5, 5.41) is 0. The van der Waals surface area contributed by atoms with E-state index in [1.807, 2.05) is 43.3 Å². The molecule has 0 unspecified atom stereocenters. The molecule has 120 valence electrons. The van der Waals surface area contributed by atoms with E-state index in [1.54, 1.807) is 26.4 Å². The van der Waals surface area contributed by atoms with Gasteiger partial charge in [-0.1, -0.05) is 24.3 Å². The molecule has 0 saturated carbocycles. The number of carbonyl (C=O) groups is 1. The molecule has 2 aromatic carbocycles. The van der Waals surface area contributed by atoms with Crippen molar-refractivity contribution >= 4 is 12.0 Å². The third-order valence-electron chi connectivity index (χ3n) is 3.42. The van der Waals surface area contributed by atoms with Gasteiger partial charge in [-0.25, -0.2) is 4.79 Å². The van der Waals surface area contributed by atoms with Crippen molar-refractivity contribution in [2.45, 2.75) is 13.5 Å². The van der Waals surface area contributed by atoms with E-state index >= 15 is 0 Å². The van der Waals surface area contributed by atoms with Crippen molar-refractivity contribution in [3.05, 3.63) is 65.2 Å². The number of ether oxygens (including phenoxy) is 3. The maximum absolute atomic E-state index is 11.8. The number of methoxy groups -OCH3 is 2. The van der Waals surface area contributed by atoms with Gasteiger partial charge < -0.3 is 14.2 Å². The molecule has 2 aromatic rings. The molecule has 0 aliphatic heterocycles. The third-order valence-corrected chi connectivity index (χ3v) is 3.42. The van der Waals surface area contributed by atoms with Crippen molar-refractivity contribution in [2.75, 3.05) is 14.2 Å². The summed E-state index contributed by atoms with van der Waals surface area (Å²) in [4.78, 5) is 11.8. The Balaban J connectivity index is 1.99. The summed E-state index contributed by atoms with van der Waals surface area (Å²) in [7, 11) is 3.16. The lowest BCUT2D eigenvalue weighted by Crippen LogP contribution is -2.01. The van der Waals surface area contributed by atoms with E-state index in [0.29, 0.717) is 11.5 Å². The minimum absolute atomic E-state index is 0.261. The lowest BCUT2D eigenvalue weighted by Gasteiger charge is -2.06. The molecule has 0 bridgehead atoms. The van der Waals surface area contributed by atoms with Crippen LogP contribution in [0, 0.1) is 6.92 Å². The summed E-state index contributed by atoms with van der Waals surface area (Å²) < 4.78 is 15.6. The molecule has 4 heteroatoms. The van der Waals surface area contributed by atoms with Crippen molar-refractivity contribution < 1.29 is 19.0 Å². The summed E-state index contributed by atoms with van der Waals surface area (Å²) in [5.74, 6) is 0.935. The van der Waals surface area contributed by atoms with Crippen LogP contribution in [0.1, 0.15) is 16.7 Å². The molecule has 0 N–H and O–H groups in total. The first-order valence-electron chi connectivity index (χ1n) is 7.25. The molecule has 0 radical (unpaired) electrons. The number of hydrogen-bond donors (Lipinski definition) is 0. The van der Waals surface area contributed by atoms with E-state index < -0.39 is 5.97 Å². The van der Waals surface area contributed by atoms with Gasteiger partial charge in [0.05, 0.1) is 14.2 Å². The predicted molar refractivity (Wildman–Crippen MR) is 89.6 cm³/mol. The molecule has 0 aliphatic rings. The lowest BCUT2D eigenvalue weighted by atomic mass is 10.1. The van der Waals surface area contributed by atoms with Crippen LogP contribution in [0.5, 0.6) is 11.5 Å². The maximum Gasteiger partial charge on any atom is 0.331 e. The monoisotopic (exact) mass is 312 g/mol. The smallest absolute Gasteiger partial charge is 0.331 e. The highest BCUT2D eigenvalue weighted by Gasteiger charge is 2.03. The standard InChI is InChI=1S/C19H20O4/c1-14-6-4-5-7-16(14)13-23-19(20)9-8-15-10-17(21-2)12-18(11-15)22-3/h4-12H,13H2,1-3H3/b9-8+. The van der Waals surface area contributed by atoms with Crippen LogP contribution in [0.3, 0.4) is 0 Å². The number of aryl methyl sites for hydroxylation is 1. The Kier molecular flexibility index (Phi) is 5.80. The first-order valence-corrected chi connectivity index (χ1v) is 7.25. The van der Waals surface area contributed by atoms with Gasteiger partial charge in [0.15, 0.2) is 0 Å². The summed E-state index contributed by atoms with van der Waals surface area (Å²) >= 11 is 0. The van der Waals surface area contributed by atoms with Crippen molar-refractivity contribution in [1.29, 1.82) is 0 Å². The van der Waals surface area contributed by atoms with Crippen molar-refractivity contribution in [3.63, 3.8) is 0 Å². The minimum atomic E-state index is -0.393. The SMILES string of the molecule is COc1cc(/C=C/C(=O)OCc2ccccc2C)cc(OC)c1. The molecular formula is C19H20O4. The van der Waals surface area contributed by atoms with Crippen molar-refractivity contribution in [2.24, 2.45) is 0 Å². The van der Waals surface area contributed by atoms with Crippen LogP contribution in [0.4, 0.5) is 0 Å². The Labute approximate surface area is 136 Å². The van der Waals surface area contributed by atoms with Crippen LogP contribution in [-0.2, 0) is 16.1 Å². The molecule has 2 rings (SSSR count). The second kappa shape index (κ2) is 8.03. The summed E-state index contributed by atoms with van der Waals surface area (Å²) in [6, 6.07) is 13.2. The van der Waals surface area contributed by atoms with Crippen LogP contribution in [0.25, 0.3) is 6.08 Å². The largest absolute Gasteiger partial charge is 0.497 e. The summed E-state index contributed by atoms with van der Waals surface area (Å²) in [6.45, 7) is 2.25. The molecule has 4 nitrogen and oxygen atoms in total. The molecular weight excluding hydrogens is 292 g/mol. The van der Waals surface area contributed by atoms with Gasteiger partial charge in [-0.05, 0) is 41.8 Å². The highest BCUT2D eigenvalue weighted by atomic mass is 16.5. The Morgan fingerprint density at radius 1 is 1.04 bits per heavy atom. The number of hydrogen-bond acceptors (Lipinski definition) is 4. The number of rotatable bonds is 6. The zero-order valence-corrected chi connectivity index (χ0v) is 13.5. The van der Waals surface area contributed by atoms with Gasteiger partial charge in [0.2, 0.25) is 0 Å². The number of carbonyl (C=O) groups excluding carboxylic acids is 1. The van der Waals surface area contributed by atoms with Gasteiger partial charge in [-0.15, -0.1) is 0 Å². The van der Waals surface area contributed by atoms with E-state index in [1.165, 1.54) is 6.08 Å². The van der Waals surface area contributed by atoms with Crippen LogP contribution < -0.4 is 9.47 Å². The van der Waals surface area contributed by atoms with E-state index in [9.17, 15) is 4.79 Å². The van der Waals surface area contributed by atoms with Gasteiger partial charge in [0.25, 0.3) is 0 Å². The summed E-state index contributed by atoms with van der Waals surface area (Å²) in [6.07, 6.45) is 3.07. The van der Waals surface area contributed by atoms with Crippen LogP contribution >= 0.6 is 0 Å². The molecule has 0 spiro atoms. The Morgan fingerprint density at radius 3 is 2.30 bits per heavy atom. The van der Waals surface area contributed by atoms with Gasteiger partial charge in [-0.3, -0.25) is 0 Å². The van der Waals surface area contributed by atoms with E-state index in [-0.39, 0.29) is 6.61 Å². The Bertz CT molecular complexity index is 682. The molecule has 0 amide bonds. The minimum Gasteiger partial charge on any atom is -0.497 e. The first kappa shape index (κ1) is 16.6. The molecule has 0 aromatic heterocycles. The van der Waals surface area contributed by atoms with Gasteiger partial charge >= 0.3 is 5.97 Å². The number of benzene rings is 2. The molecule has 0 heterocycles. The highest BCUT2D eigenvalue weighted by molar-refractivity contribution is 5.87. The van der Waals surface area contributed by atoms with Crippen molar-refractivity contribution in [1.82, 2.24) is 0 Å². The maximum atomic E-state index is 11.8. The fourth-order valence-electron chi connectivity index (χ4n) is 2.06. The van der Waals surface area contributed by atoms with E-state index in [2.05, 4.69) is 0 Å². The summed E-state index contributed by atoms with van der Waals surface area (Å²) in [5.41, 5.74) is 2.90. The highest BCUT2D eigenvalue weighted by Crippen LogP contribution is 2.23. The van der Waals surface area contributed by atoms with Crippen molar-refractivity contribution in [3.8, 4) is 11.5 Å². The van der Waals surface area contributed by atoms with E-state index in [0.717, 1.165) is 16.7 Å². The van der Waals surface area contributed by atoms with Gasteiger partial charge in [0.1, 0.15) is 18.1 Å². The van der Waals surface area contributed by atoms with E-state index in [4.69, 9.17) is 14.2 Å². The topological polar surface area (TPSA) is 44.8 Å². The van der Waals surface area contributed by atoms with Gasteiger partial charge in [0, 0.05) is 12.1 Å². The van der Waals surface area contributed by atoms with Crippen LogP contribution in [0.2, 0.25) is 0 Å². The van der Waals surface area contributed by atoms with Crippen LogP contribution in [0.15, 0.2) is 48.5 Å². The first-order chi connectivity index (χ1) is 11.1. The predicted octanol–water partition coefficient (Wildman–Crippen LogP) is 3.77. The quantitative estimate of drug-likeness (QED) is 0.601. The fraction of sp³-hybridized carbons (Fsp3) is 0.211. The molecule has 0 saturated heterocycles. The zero-order chi connectivity index (χ0) is 16.7. The zero-order valence-electron chi connectivity index (χ0n) is 13.5. The molecule has 0 aliphatic carbocycles. The fourth-order valence-corrected chi connectivity index (χ4v) is 2.06. The van der Waals surface area contributed by atoms with Gasteiger partial charge in [-0.2, -0.15) is 0 Å².